The lowest BCUT2D eigenvalue weighted by Crippen LogP contribution is -2.12. The van der Waals surface area contributed by atoms with E-state index in [1.807, 2.05) is 0 Å². The fourth-order valence-electron chi connectivity index (χ4n) is 1.94. The molecule has 0 spiro atoms. The molecule has 1 amide bonds. The van der Waals surface area contributed by atoms with Crippen LogP contribution in [0.5, 0.6) is 5.75 Å². The molecule has 0 radical (unpaired) electrons. The summed E-state index contributed by atoms with van der Waals surface area (Å²) in [5.41, 5.74) is 0.321. The van der Waals surface area contributed by atoms with Crippen LogP contribution in [0.1, 0.15) is 25.5 Å². The Bertz CT molecular complexity index is 758. The summed E-state index contributed by atoms with van der Waals surface area (Å²) in [4.78, 5) is 15.3. The van der Waals surface area contributed by atoms with E-state index in [4.69, 9.17) is 27.9 Å². The summed E-state index contributed by atoms with van der Waals surface area (Å²) in [6.07, 6.45) is 0.861. The highest BCUT2D eigenvalue weighted by atomic mass is 79.9. The molecule has 0 aliphatic heterocycles. The molecule has 2 rings (SSSR count). The van der Waals surface area contributed by atoms with Crippen molar-refractivity contribution >= 4 is 50.9 Å². The summed E-state index contributed by atoms with van der Waals surface area (Å²) >= 11 is 15.4. The van der Waals surface area contributed by atoms with Crippen LogP contribution in [0.4, 0.5) is 10.2 Å². The first-order chi connectivity index (χ1) is 10.8. The quantitative estimate of drug-likeness (QED) is 0.673. The van der Waals surface area contributed by atoms with E-state index in [9.17, 15) is 9.18 Å². The maximum Gasteiger partial charge on any atom is 0.222 e. The van der Waals surface area contributed by atoms with Gasteiger partial charge in [-0.1, -0.05) is 23.2 Å². The SMILES string of the molecule is CC(=O)Nc1ncc(Br)cc1O[C@H](C)c1c(Cl)ccc(F)c1Cl. The minimum absolute atomic E-state index is 0.103. The second-order valence-corrected chi connectivity index (χ2v) is 6.40. The van der Waals surface area contributed by atoms with E-state index in [0.717, 1.165) is 0 Å². The molecule has 0 unspecified atom stereocenters. The van der Waals surface area contributed by atoms with Gasteiger partial charge in [0.05, 0.1) is 5.02 Å². The Balaban J connectivity index is 2.37. The summed E-state index contributed by atoms with van der Waals surface area (Å²) in [6, 6.07) is 4.23. The molecule has 0 saturated heterocycles. The number of anilines is 1. The van der Waals surface area contributed by atoms with Crippen LogP contribution in [0.25, 0.3) is 0 Å². The van der Waals surface area contributed by atoms with Crippen molar-refractivity contribution in [2.75, 3.05) is 5.32 Å². The minimum Gasteiger partial charge on any atom is -0.482 e. The number of pyridine rings is 1. The molecule has 0 aliphatic carbocycles. The van der Waals surface area contributed by atoms with Gasteiger partial charge in [-0.25, -0.2) is 9.37 Å². The number of ether oxygens (including phenoxy) is 1. The molecule has 1 N–H and O–H groups in total. The number of rotatable bonds is 4. The molecular weight excluding hydrogens is 410 g/mol. The van der Waals surface area contributed by atoms with Crippen LogP contribution in [0.2, 0.25) is 10.0 Å². The number of benzene rings is 1. The summed E-state index contributed by atoms with van der Waals surface area (Å²) in [7, 11) is 0. The van der Waals surface area contributed by atoms with Crippen molar-refractivity contribution in [3.63, 3.8) is 0 Å². The molecule has 0 aliphatic rings. The predicted octanol–water partition coefficient (Wildman–Crippen LogP) is 5.39. The van der Waals surface area contributed by atoms with Gasteiger partial charge in [-0.15, -0.1) is 0 Å². The lowest BCUT2D eigenvalue weighted by atomic mass is 10.1. The molecular formula is C15H12BrCl2FN2O2. The normalized spacial score (nSPS) is 11.9. The fraction of sp³-hybridized carbons (Fsp3) is 0.200. The summed E-state index contributed by atoms with van der Waals surface area (Å²) < 4.78 is 20.1. The first-order valence-corrected chi connectivity index (χ1v) is 8.07. The number of nitrogens with one attached hydrogen (secondary N) is 1. The molecule has 23 heavy (non-hydrogen) atoms. The van der Waals surface area contributed by atoms with Gasteiger partial charge in [-0.3, -0.25) is 4.79 Å². The van der Waals surface area contributed by atoms with Crippen LogP contribution in [-0.2, 0) is 4.79 Å². The van der Waals surface area contributed by atoms with Gasteiger partial charge >= 0.3 is 0 Å². The first kappa shape index (κ1) is 18.0. The third-order valence-electron chi connectivity index (χ3n) is 2.90. The smallest absolute Gasteiger partial charge is 0.222 e. The van der Waals surface area contributed by atoms with E-state index in [0.29, 0.717) is 15.8 Å². The zero-order valence-electron chi connectivity index (χ0n) is 12.2. The zero-order chi connectivity index (χ0) is 17.1. The molecule has 8 heteroatoms. The Labute approximate surface area is 151 Å². The highest BCUT2D eigenvalue weighted by Crippen LogP contribution is 2.36. The number of carbonyl (C=O) groups is 1. The Morgan fingerprint density at radius 2 is 2.13 bits per heavy atom. The number of carbonyl (C=O) groups excluding carboxylic acids is 1. The fourth-order valence-corrected chi connectivity index (χ4v) is 2.92. The largest absolute Gasteiger partial charge is 0.482 e. The zero-order valence-corrected chi connectivity index (χ0v) is 15.3. The van der Waals surface area contributed by atoms with Crippen LogP contribution < -0.4 is 10.1 Å². The molecule has 1 heterocycles. The van der Waals surface area contributed by atoms with Crippen molar-refractivity contribution in [2.45, 2.75) is 20.0 Å². The molecule has 1 aromatic carbocycles. The maximum absolute atomic E-state index is 13.7. The van der Waals surface area contributed by atoms with E-state index in [1.54, 1.807) is 13.0 Å². The average Bonchev–Trinajstić information content (AvgIpc) is 2.46. The number of hydrogen-bond donors (Lipinski definition) is 1. The lowest BCUT2D eigenvalue weighted by Gasteiger charge is -2.19. The molecule has 4 nitrogen and oxygen atoms in total. The van der Waals surface area contributed by atoms with Gasteiger partial charge in [0.15, 0.2) is 11.6 Å². The van der Waals surface area contributed by atoms with Gasteiger partial charge in [0, 0.05) is 28.2 Å². The van der Waals surface area contributed by atoms with Gasteiger partial charge < -0.3 is 10.1 Å². The lowest BCUT2D eigenvalue weighted by molar-refractivity contribution is -0.114. The second kappa shape index (κ2) is 7.47. The molecule has 0 fully saturated rings. The number of hydrogen-bond acceptors (Lipinski definition) is 3. The molecule has 1 aromatic heterocycles. The Morgan fingerprint density at radius 3 is 2.78 bits per heavy atom. The van der Waals surface area contributed by atoms with Crippen molar-refractivity contribution in [1.29, 1.82) is 0 Å². The minimum atomic E-state index is -0.658. The van der Waals surface area contributed by atoms with Crippen LogP contribution in [0.15, 0.2) is 28.9 Å². The van der Waals surface area contributed by atoms with E-state index in [1.165, 1.54) is 25.3 Å². The van der Waals surface area contributed by atoms with Crippen LogP contribution in [0.3, 0.4) is 0 Å². The summed E-state index contributed by atoms with van der Waals surface area (Å²) in [5, 5.41) is 2.74. The van der Waals surface area contributed by atoms with E-state index in [-0.39, 0.29) is 21.8 Å². The van der Waals surface area contributed by atoms with Crippen LogP contribution >= 0.6 is 39.1 Å². The summed E-state index contributed by atoms with van der Waals surface area (Å²) in [5.74, 6) is -0.329. The van der Waals surface area contributed by atoms with Gasteiger partial charge in [0.25, 0.3) is 0 Å². The van der Waals surface area contributed by atoms with E-state index < -0.39 is 11.9 Å². The first-order valence-electron chi connectivity index (χ1n) is 6.52. The molecule has 122 valence electrons. The van der Waals surface area contributed by atoms with E-state index >= 15 is 0 Å². The highest BCUT2D eigenvalue weighted by Gasteiger charge is 2.20. The standard InChI is InChI=1S/C15H12BrCl2FN2O2/c1-7(13-10(17)3-4-11(19)14(13)18)23-12-5-9(16)6-20-15(12)21-8(2)22/h3-7H,1-2H3,(H,20,21,22)/t7-/m1/s1. The predicted molar refractivity (Wildman–Crippen MR) is 91.7 cm³/mol. The number of nitrogens with zero attached hydrogens (tertiary/aromatic N) is 1. The third-order valence-corrected chi connectivity index (χ3v) is 4.05. The molecule has 0 saturated carbocycles. The Hall–Kier alpha value is -1.37. The van der Waals surface area contributed by atoms with Gasteiger partial charge in [0.1, 0.15) is 11.9 Å². The number of halogens is 4. The van der Waals surface area contributed by atoms with Crippen LogP contribution in [-0.4, -0.2) is 10.9 Å². The number of aromatic nitrogens is 1. The molecule has 2 aromatic rings. The Morgan fingerprint density at radius 1 is 1.43 bits per heavy atom. The van der Waals surface area contributed by atoms with Crippen molar-refractivity contribution in [3.05, 3.63) is 50.3 Å². The topological polar surface area (TPSA) is 51.2 Å². The summed E-state index contributed by atoms with van der Waals surface area (Å²) in [6.45, 7) is 3.03. The highest BCUT2D eigenvalue weighted by molar-refractivity contribution is 9.10. The monoisotopic (exact) mass is 420 g/mol. The maximum atomic E-state index is 13.7. The second-order valence-electron chi connectivity index (χ2n) is 4.70. The average molecular weight is 422 g/mol. The van der Waals surface area contributed by atoms with Gasteiger partial charge in [0.2, 0.25) is 5.91 Å². The van der Waals surface area contributed by atoms with Gasteiger partial charge in [-0.2, -0.15) is 0 Å². The number of amides is 1. The molecule has 1 atom stereocenters. The van der Waals surface area contributed by atoms with Gasteiger partial charge in [-0.05, 0) is 41.1 Å². The Kier molecular flexibility index (Phi) is 5.84. The van der Waals surface area contributed by atoms with Crippen molar-refractivity contribution < 1.29 is 13.9 Å². The van der Waals surface area contributed by atoms with E-state index in [2.05, 4.69) is 26.2 Å². The third kappa shape index (κ3) is 4.34. The van der Waals surface area contributed by atoms with Crippen LogP contribution in [0, 0.1) is 5.82 Å². The van der Waals surface area contributed by atoms with Crippen molar-refractivity contribution in [1.82, 2.24) is 4.98 Å². The van der Waals surface area contributed by atoms with Crippen molar-refractivity contribution in [3.8, 4) is 5.75 Å². The van der Waals surface area contributed by atoms with Crippen molar-refractivity contribution in [2.24, 2.45) is 0 Å². The molecule has 0 bridgehead atoms.